The molecule has 0 aromatic heterocycles. The number of nitrogens with zero attached hydrogens (tertiary/aromatic N) is 3. The molecule has 6 nitrogen and oxygen atoms in total. The number of hydrogen-bond donors (Lipinski definition) is 1. The van der Waals surface area contributed by atoms with Crippen molar-refractivity contribution >= 4 is 29.9 Å². The molecule has 2 fully saturated rings. The summed E-state index contributed by atoms with van der Waals surface area (Å²) in [7, 11) is 3.59. The quantitative estimate of drug-likeness (QED) is 0.402. The highest BCUT2D eigenvalue weighted by atomic mass is 127. The van der Waals surface area contributed by atoms with Gasteiger partial charge in [0.05, 0.1) is 19.8 Å². The van der Waals surface area contributed by atoms with E-state index in [1.165, 1.54) is 17.5 Å². The summed E-state index contributed by atoms with van der Waals surface area (Å²) in [5, 5.41) is 3.51. The Hall–Kier alpha value is -0.900. The number of methoxy groups -OCH3 is 1. The molecule has 1 atom stereocenters. The maximum Gasteiger partial charge on any atom is 0.193 e. The zero-order valence-electron chi connectivity index (χ0n) is 15.8. The molecule has 3 rings (SSSR count). The van der Waals surface area contributed by atoms with Gasteiger partial charge in [-0.25, -0.2) is 0 Å². The van der Waals surface area contributed by atoms with Crippen LogP contribution in [-0.2, 0) is 22.6 Å². The number of likely N-dealkylation sites (tertiary alicyclic amines) is 1. The van der Waals surface area contributed by atoms with E-state index in [4.69, 9.17) is 9.47 Å². The first-order valence-corrected chi connectivity index (χ1v) is 9.14. The van der Waals surface area contributed by atoms with E-state index in [2.05, 4.69) is 44.4 Å². The summed E-state index contributed by atoms with van der Waals surface area (Å²) in [6.45, 7) is 7.36. The van der Waals surface area contributed by atoms with Crippen LogP contribution < -0.4 is 5.32 Å². The lowest BCUT2D eigenvalue weighted by Crippen LogP contribution is -2.46. The molecule has 0 radical (unpaired) electrons. The van der Waals surface area contributed by atoms with Gasteiger partial charge in [-0.15, -0.1) is 24.0 Å². The topological polar surface area (TPSA) is 49.3 Å². The van der Waals surface area contributed by atoms with Crippen molar-refractivity contribution < 1.29 is 9.47 Å². The number of rotatable bonds is 5. The molecule has 146 valence electrons. The first-order valence-electron chi connectivity index (χ1n) is 9.14. The number of aliphatic imine (C=N–C) groups is 1. The van der Waals surface area contributed by atoms with Crippen molar-refractivity contribution in [2.45, 2.75) is 25.6 Å². The van der Waals surface area contributed by atoms with Gasteiger partial charge >= 0.3 is 0 Å². The molecule has 2 aliphatic heterocycles. The van der Waals surface area contributed by atoms with Crippen LogP contribution in [0.15, 0.2) is 29.3 Å². The molecule has 2 heterocycles. The van der Waals surface area contributed by atoms with Crippen molar-refractivity contribution in [3.8, 4) is 0 Å². The van der Waals surface area contributed by atoms with E-state index < -0.39 is 0 Å². The summed E-state index contributed by atoms with van der Waals surface area (Å²) in [6.07, 6.45) is 1.20. The van der Waals surface area contributed by atoms with Crippen LogP contribution >= 0.6 is 24.0 Å². The number of guanidine groups is 1. The first-order chi connectivity index (χ1) is 12.3. The Morgan fingerprint density at radius 2 is 2.04 bits per heavy atom. The Morgan fingerprint density at radius 3 is 2.77 bits per heavy atom. The van der Waals surface area contributed by atoms with E-state index in [0.29, 0.717) is 12.6 Å². The van der Waals surface area contributed by atoms with E-state index in [9.17, 15) is 0 Å². The standard InChI is InChI=1S/C19H30N4O2.HI/c1-20-19(21-13-16-4-3-5-17(12-16)15-24-2)23-7-6-18(14-23)22-8-10-25-11-9-22;/h3-5,12,18H,6-11,13-15H2,1-2H3,(H,20,21);1H. The molecule has 2 aliphatic rings. The van der Waals surface area contributed by atoms with Crippen LogP contribution in [0.4, 0.5) is 0 Å². The molecule has 0 bridgehead atoms. The van der Waals surface area contributed by atoms with Crippen LogP contribution in [0.25, 0.3) is 0 Å². The Bertz CT molecular complexity index is 578. The predicted octanol–water partition coefficient (Wildman–Crippen LogP) is 1.93. The third kappa shape index (κ3) is 5.80. The summed E-state index contributed by atoms with van der Waals surface area (Å²) in [6, 6.07) is 9.12. The monoisotopic (exact) mass is 474 g/mol. The molecule has 0 amide bonds. The third-order valence-corrected chi connectivity index (χ3v) is 4.99. The molecule has 2 saturated heterocycles. The van der Waals surface area contributed by atoms with E-state index in [1.807, 2.05) is 7.05 Å². The molecule has 1 N–H and O–H groups in total. The number of nitrogens with one attached hydrogen (secondary N) is 1. The van der Waals surface area contributed by atoms with E-state index in [1.54, 1.807) is 7.11 Å². The number of ether oxygens (including phenoxy) is 2. The molecule has 1 unspecified atom stereocenters. The molecule has 26 heavy (non-hydrogen) atoms. The maximum atomic E-state index is 5.47. The molecule has 0 aliphatic carbocycles. The second-order valence-corrected chi connectivity index (χ2v) is 6.69. The molecular formula is C19H31IN4O2. The van der Waals surface area contributed by atoms with Gasteiger partial charge in [0.25, 0.3) is 0 Å². The lowest BCUT2D eigenvalue weighted by molar-refractivity contribution is 0.0195. The normalized spacial score (nSPS) is 21.5. The molecule has 1 aromatic carbocycles. The fourth-order valence-corrected chi connectivity index (χ4v) is 3.68. The van der Waals surface area contributed by atoms with Gasteiger partial charge in [0.1, 0.15) is 0 Å². The smallest absolute Gasteiger partial charge is 0.193 e. The zero-order valence-corrected chi connectivity index (χ0v) is 18.1. The highest BCUT2D eigenvalue weighted by Gasteiger charge is 2.30. The SMILES string of the molecule is CN=C(NCc1cccc(COC)c1)N1CCC(N2CCOCC2)C1.I. The minimum Gasteiger partial charge on any atom is -0.380 e. The van der Waals surface area contributed by atoms with Crippen LogP contribution in [-0.4, -0.2) is 75.4 Å². The van der Waals surface area contributed by atoms with Gasteiger partial charge in [-0.1, -0.05) is 24.3 Å². The number of benzene rings is 1. The van der Waals surface area contributed by atoms with Gasteiger partial charge in [0, 0.05) is 52.9 Å². The highest BCUT2D eigenvalue weighted by Crippen LogP contribution is 2.17. The van der Waals surface area contributed by atoms with Crippen molar-refractivity contribution in [1.82, 2.24) is 15.1 Å². The highest BCUT2D eigenvalue weighted by molar-refractivity contribution is 14.0. The van der Waals surface area contributed by atoms with Gasteiger partial charge in [0.15, 0.2) is 5.96 Å². The van der Waals surface area contributed by atoms with Crippen molar-refractivity contribution in [2.24, 2.45) is 4.99 Å². The summed E-state index contributed by atoms with van der Waals surface area (Å²) in [5.74, 6) is 0.993. The van der Waals surface area contributed by atoms with Crippen molar-refractivity contribution in [1.29, 1.82) is 0 Å². The largest absolute Gasteiger partial charge is 0.380 e. The van der Waals surface area contributed by atoms with E-state index >= 15 is 0 Å². The fourth-order valence-electron chi connectivity index (χ4n) is 3.68. The van der Waals surface area contributed by atoms with Crippen LogP contribution in [0.3, 0.4) is 0 Å². The zero-order chi connectivity index (χ0) is 17.5. The molecule has 0 saturated carbocycles. The molecule has 7 heteroatoms. The predicted molar refractivity (Wildman–Crippen MR) is 115 cm³/mol. The molecule has 0 spiro atoms. The van der Waals surface area contributed by atoms with Crippen LogP contribution in [0.5, 0.6) is 0 Å². The minimum atomic E-state index is 0. The van der Waals surface area contributed by atoms with Gasteiger partial charge in [-0.05, 0) is 17.5 Å². The van der Waals surface area contributed by atoms with Crippen LogP contribution in [0.2, 0.25) is 0 Å². The molecular weight excluding hydrogens is 443 g/mol. The van der Waals surface area contributed by atoms with Gasteiger partial charge in [-0.3, -0.25) is 9.89 Å². The lowest BCUT2D eigenvalue weighted by Gasteiger charge is -2.32. The van der Waals surface area contributed by atoms with Crippen LogP contribution in [0.1, 0.15) is 17.5 Å². The van der Waals surface area contributed by atoms with Gasteiger partial charge in [-0.2, -0.15) is 0 Å². The second kappa shape index (κ2) is 11.1. The number of morpholine rings is 1. The first kappa shape index (κ1) is 21.4. The average molecular weight is 474 g/mol. The maximum absolute atomic E-state index is 5.47. The van der Waals surface area contributed by atoms with Gasteiger partial charge < -0.3 is 19.7 Å². The van der Waals surface area contributed by atoms with Crippen molar-refractivity contribution in [2.75, 3.05) is 53.6 Å². The summed E-state index contributed by atoms with van der Waals surface area (Å²) >= 11 is 0. The summed E-state index contributed by atoms with van der Waals surface area (Å²) in [4.78, 5) is 9.42. The second-order valence-electron chi connectivity index (χ2n) is 6.69. The lowest BCUT2D eigenvalue weighted by atomic mass is 10.1. The van der Waals surface area contributed by atoms with E-state index in [0.717, 1.165) is 51.9 Å². The Morgan fingerprint density at radius 1 is 1.27 bits per heavy atom. The molecule has 1 aromatic rings. The van der Waals surface area contributed by atoms with E-state index in [-0.39, 0.29) is 24.0 Å². The van der Waals surface area contributed by atoms with Gasteiger partial charge in [0.2, 0.25) is 0 Å². The minimum absolute atomic E-state index is 0. The van der Waals surface area contributed by atoms with Crippen molar-refractivity contribution in [3.63, 3.8) is 0 Å². The fraction of sp³-hybridized carbons (Fsp3) is 0.632. The number of halogens is 1. The average Bonchev–Trinajstić information content (AvgIpc) is 3.14. The summed E-state index contributed by atoms with van der Waals surface area (Å²) in [5.41, 5.74) is 2.45. The summed E-state index contributed by atoms with van der Waals surface area (Å²) < 4.78 is 10.7. The third-order valence-electron chi connectivity index (χ3n) is 4.99. The number of hydrogen-bond acceptors (Lipinski definition) is 4. The van der Waals surface area contributed by atoms with Crippen LogP contribution in [0, 0.1) is 0 Å². The Labute approximate surface area is 173 Å². The van der Waals surface area contributed by atoms with Crippen molar-refractivity contribution in [3.05, 3.63) is 35.4 Å². The Kier molecular flexibility index (Phi) is 9.10. The Balaban J connectivity index is 0.00000243.